The summed E-state index contributed by atoms with van der Waals surface area (Å²) in [5, 5.41) is 12.5. The predicted molar refractivity (Wildman–Crippen MR) is 94.8 cm³/mol. The molecule has 1 aliphatic heterocycles. The van der Waals surface area contributed by atoms with Crippen LogP contribution in [0.25, 0.3) is 10.6 Å². The molecule has 1 aromatic carbocycles. The number of rotatable bonds is 5. The number of ether oxygens (including phenoxy) is 1. The van der Waals surface area contributed by atoms with E-state index in [0.717, 1.165) is 10.6 Å². The van der Waals surface area contributed by atoms with Gasteiger partial charge >= 0.3 is 5.97 Å². The number of hydrogen-bond acceptors (Lipinski definition) is 5. The van der Waals surface area contributed by atoms with Crippen LogP contribution in [0.15, 0.2) is 29.6 Å². The van der Waals surface area contributed by atoms with Crippen molar-refractivity contribution in [2.75, 3.05) is 13.7 Å². The minimum atomic E-state index is -1.01. The molecular formula is C17H17ClN2O4S. The molecule has 1 N–H and O–H groups in total. The minimum absolute atomic E-state index is 0.0567. The maximum absolute atomic E-state index is 12.5. The number of thiazole rings is 1. The fourth-order valence-corrected chi connectivity index (χ4v) is 4.02. The third-order valence-corrected chi connectivity index (χ3v) is 5.44. The van der Waals surface area contributed by atoms with Gasteiger partial charge in [-0.1, -0.05) is 29.8 Å². The molecule has 0 aliphatic carbocycles. The second-order valence-electron chi connectivity index (χ2n) is 5.79. The Kier molecular flexibility index (Phi) is 5.36. The molecule has 6 nitrogen and oxygen atoms in total. The first-order valence-electron chi connectivity index (χ1n) is 7.74. The van der Waals surface area contributed by atoms with E-state index in [1.165, 1.54) is 23.3 Å². The van der Waals surface area contributed by atoms with Crippen LogP contribution in [0, 0.1) is 0 Å². The summed E-state index contributed by atoms with van der Waals surface area (Å²) in [5.41, 5.74) is 1.42. The maximum atomic E-state index is 12.5. The number of halogens is 1. The summed E-state index contributed by atoms with van der Waals surface area (Å²) in [4.78, 5) is 29.8. The molecule has 0 saturated carbocycles. The molecule has 3 rings (SSSR count). The van der Waals surface area contributed by atoms with Gasteiger partial charge < -0.3 is 14.7 Å². The first-order chi connectivity index (χ1) is 12.0. The number of likely N-dealkylation sites (tertiary alicyclic amines) is 1. The molecule has 2 unspecified atom stereocenters. The van der Waals surface area contributed by atoms with Crippen molar-refractivity contribution in [3.05, 3.63) is 40.4 Å². The molecule has 1 amide bonds. The summed E-state index contributed by atoms with van der Waals surface area (Å²) < 4.78 is 5.21. The third kappa shape index (κ3) is 3.84. The lowest BCUT2D eigenvalue weighted by atomic mass is 10.2. The molecule has 1 aromatic heterocycles. The normalized spacial score (nSPS) is 20.0. The Bertz CT molecular complexity index is 794. The van der Waals surface area contributed by atoms with E-state index in [9.17, 15) is 14.7 Å². The first kappa shape index (κ1) is 17.8. The Labute approximate surface area is 154 Å². The van der Waals surface area contributed by atoms with Crippen molar-refractivity contribution in [2.24, 2.45) is 0 Å². The molecule has 2 aromatic rings. The number of benzene rings is 1. The highest BCUT2D eigenvalue weighted by Gasteiger charge is 2.39. The van der Waals surface area contributed by atoms with Crippen LogP contribution in [-0.2, 0) is 20.7 Å². The van der Waals surface area contributed by atoms with Gasteiger partial charge in [-0.05, 0) is 6.07 Å². The zero-order chi connectivity index (χ0) is 18.0. The van der Waals surface area contributed by atoms with E-state index in [2.05, 4.69) is 4.98 Å². The van der Waals surface area contributed by atoms with Crippen molar-refractivity contribution >= 4 is 34.8 Å². The largest absolute Gasteiger partial charge is 0.480 e. The van der Waals surface area contributed by atoms with Crippen LogP contribution in [-0.4, -0.2) is 52.7 Å². The maximum Gasteiger partial charge on any atom is 0.326 e. The van der Waals surface area contributed by atoms with Gasteiger partial charge in [0.2, 0.25) is 5.91 Å². The molecule has 0 radical (unpaired) electrons. The second-order valence-corrected chi connectivity index (χ2v) is 7.06. The Morgan fingerprint density at radius 2 is 2.20 bits per heavy atom. The number of hydrogen-bond donors (Lipinski definition) is 1. The molecule has 1 fully saturated rings. The number of aromatic nitrogens is 1. The van der Waals surface area contributed by atoms with Gasteiger partial charge in [0.05, 0.1) is 23.2 Å². The van der Waals surface area contributed by atoms with Crippen LogP contribution in [0.2, 0.25) is 5.02 Å². The van der Waals surface area contributed by atoms with Crippen molar-refractivity contribution in [1.29, 1.82) is 0 Å². The van der Waals surface area contributed by atoms with Crippen LogP contribution < -0.4 is 0 Å². The molecule has 0 spiro atoms. The van der Waals surface area contributed by atoms with E-state index in [1.54, 1.807) is 11.4 Å². The lowest BCUT2D eigenvalue weighted by Crippen LogP contribution is -2.41. The van der Waals surface area contributed by atoms with E-state index in [4.69, 9.17) is 16.3 Å². The average molecular weight is 381 g/mol. The molecule has 1 saturated heterocycles. The topological polar surface area (TPSA) is 79.7 Å². The average Bonchev–Trinajstić information content (AvgIpc) is 3.22. The van der Waals surface area contributed by atoms with Crippen molar-refractivity contribution in [3.63, 3.8) is 0 Å². The summed E-state index contributed by atoms with van der Waals surface area (Å²) in [5.74, 6) is -1.27. The number of carbonyl (C=O) groups is 2. The summed E-state index contributed by atoms with van der Waals surface area (Å²) >= 11 is 7.58. The van der Waals surface area contributed by atoms with Crippen LogP contribution in [0.5, 0.6) is 0 Å². The first-order valence-corrected chi connectivity index (χ1v) is 8.99. The van der Waals surface area contributed by atoms with E-state index in [0.29, 0.717) is 17.1 Å². The lowest BCUT2D eigenvalue weighted by Gasteiger charge is -2.20. The second kappa shape index (κ2) is 7.51. The summed E-state index contributed by atoms with van der Waals surface area (Å²) in [7, 11) is 1.52. The van der Waals surface area contributed by atoms with Crippen molar-refractivity contribution in [2.45, 2.75) is 25.0 Å². The van der Waals surface area contributed by atoms with Gasteiger partial charge in [0, 0.05) is 31.0 Å². The van der Waals surface area contributed by atoms with Crippen molar-refractivity contribution in [3.8, 4) is 10.6 Å². The summed E-state index contributed by atoms with van der Waals surface area (Å²) in [6, 6.07) is 6.53. The van der Waals surface area contributed by atoms with E-state index in [-0.39, 0.29) is 25.0 Å². The Morgan fingerprint density at radius 1 is 1.44 bits per heavy atom. The molecule has 1 aliphatic rings. The highest BCUT2D eigenvalue weighted by molar-refractivity contribution is 7.13. The Balaban J connectivity index is 1.73. The number of amides is 1. The van der Waals surface area contributed by atoms with Gasteiger partial charge in [0.1, 0.15) is 11.0 Å². The molecule has 2 heterocycles. The molecule has 0 bridgehead atoms. The number of aliphatic carboxylic acids is 1. The van der Waals surface area contributed by atoms with Crippen molar-refractivity contribution in [1.82, 2.24) is 9.88 Å². The summed E-state index contributed by atoms with van der Waals surface area (Å²) in [6.07, 6.45) is 0.111. The smallest absolute Gasteiger partial charge is 0.326 e. The van der Waals surface area contributed by atoms with Gasteiger partial charge in [-0.3, -0.25) is 4.79 Å². The monoisotopic (exact) mass is 380 g/mol. The van der Waals surface area contributed by atoms with Gasteiger partial charge in [-0.25, -0.2) is 9.78 Å². The van der Waals surface area contributed by atoms with Crippen LogP contribution >= 0.6 is 22.9 Å². The Hall–Kier alpha value is -1.96. The summed E-state index contributed by atoms with van der Waals surface area (Å²) in [6.45, 7) is 0.286. The van der Waals surface area contributed by atoms with Gasteiger partial charge in [-0.15, -0.1) is 11.3 Å². The fraction of sp³-hybridized carbons (Fsp3) is 0.353. The highest BCUT2D eigenvalue weighted by Crippen LogP contribution is 2.30. The minimum Gasteiger partial charge on any atom is -0.480 e. The molecule has 132 valence electrons. The van der Waals surface area contributed by atoms with Crippen LogP contribution in [0.4, 0.5) is 0 Å². The number of carbonyl (C=O) groups excluding carboxylic acids is 1. The number of carboxylic acids is 1. The SMILES string of the molecule is COC1CC(C(=O)O)N(C(=O)Cc2csc(-c3ccccc3Cl)n2)C1. The molecular weight excluding hydrogens is 364 g/mol. The van der Waals surface area contributed by atoms with Crippen LogP contribution in [0.3, 0.4) is 0 Å². The fourth-order valence-electron chi connectivity index (χ4n) is 2.88. The third-order valence-electron chi connectivity index (χ3n) is 4.19. The van der Waals surface area contributed by atoms with Gasteiger partial charge in [0.25, 0.3) is 0 Å². The number of carboxylic acid groups (broad SMARTS) is 1. The highest BCUT2D eigenvalue weighted by atomic mass is 35.5. The Morgan fingerprint density at radius 3 is 2.88 bits per heavy atom. The number of nitrogens with zero attached hydrogens (tertiary/aromatic N) is 2. The van der Waals surface area contributed by atoms with E-state index >= 15 is 0 Å². The van der Waals surface area contributed by atoms with Gasteiger partial charge in [0.15, 0.2) is 0 Å². The molecule has 2 atom stereocenters. The lowest BCUT2D eigenvalue weighted by molar-refractivity contribution is -0.148. The molecule has 8 heteroatoms. The standard InChI is InChI=1S/C17H17ClN2O4S/c1-24-11-7-14(17(22)23)20(8-11)15(21)6-10-9-25-16(19-10)12-4-2-3-5-13(12)18/h2-5,9,11,14H,6-8H2,1H3,(H,22,23). The zero-order valence-electron chi connectivity index (χ0n) is 13.5. The zero-order valence-corrected chi connectivity index (χ0v) is 15.1. The van der Waals surface area contributed by atoms with Crippen LogP contribution in [0.1, 0.15) is 12.1 Å². The number of methoxy groups -OCH3 is 1. The van der Waals surface area contributed by atoms with E-state index < -0.39 is 12.0 Å². The predicted octanol–water partition coefficient (Wildman–Crippen LogP) is 2.71. The molecule has 25 heavy (non-hydrogen) atoms. The van der Waals surface area contributed by atoms with Gasteiger partial charge in [-0.2, -0.15) is 0 Å². The van der Waals surface area contributed by atoms with Crippen molar-refractivity contribution < 1.29 is 19.4 Å². The quantitative estimate of drug-likeness (QED) is 0.862. The van der Waals surface area contributed by atoms with E-state index in [1.807, 2.05) is 18.2 Å².